The van der Waals surface area contributed by atoms with Crippen LogP contribution in [0.1, 0.15) is 27.7 Å². The van der Waals surface area contributed by atoms with Gasteiger partial charge in [0.2, 0.25) is 10.0 Å². The third-order valence-corrected chi connectivity index (χ3v) is 7.20. The summed E-state index contributed by atoms with van der Waals surface area (Å²) >= 11 is 9.15. The molecule has 0 amide bonds. The van der Waals surface area contributed by atoms with E-state index in [1.54, 1.807) is 6.07 Å². The summed E-state index contributed by atoms with van der Waals surface area (Å²) in [6.45, 7) is 7.92. The Hall–Kier alpha value is -0.140. The number of benzene rings is 1. The normalized spacial score (nSPS) is 27.2. The standard InChI is InChI=1S/C14H20BrClN2O2S/c1-13(2)11(17)14(3,4)12(13)18-21(19,20)8-5-6-10(16)9(15)7-8/h5-7,11-12,18H,17H2,1-4H3. The van der Waals surface area contributed by atoms with Crippen LogP contribution in [0.2, 0.25) is 5.02 Å². The largest absolute Gasteiger partial charge is 0.327 e. The lowest BCUT2D eigenvalue weighted by Gasteiger charge is -2.62. The van der Waals surface area contributed by atoms with Crippen molar-refractivity contribution >= 4 is 37.6 Å². The van der Waals surface area contributed by atoms with E-state index in [0.717, 1.165) is 0 Å². The van der Waals surface area contributed by atoms with Crippen LogP contribution in [-0.4, -0.2) is 20.5 Å². The molecule has 4 nitrogen and oxygen atoms in total. The summed E-state index contributed by atoms with van der Waals surface area (Å²) in [5.41, 5.74) is 5.58. The second kappa shape index (κ2) is 5.20. The fourth-order valence-corrected chi connectivity index (χ4v) is 5.57. The van der Waals surface area contributed by atoms with Crippen LogP contribution in [-0.2, 0) is 10.0 Å². The van der Waals surface area contributed by atoms with Crippen LogP contribution in [0.25, 0.3) is 0 Å². The van der Waals surface area contributed by atoms with Gasteiger partial charge in [0.15, 0.2) is 0 Å². The summed E-state index contributed by atoms with van der Waals surface area (Å²) in [6.07, 6.45) is 0. The Morgan fingerprint density at radius 2 is 1.76 bits per heavy atom. The van der Waals surface area contributed by atoms with Crippen molar-refractivity contribution in [2.45, 2.75) is 44.7 Å². The van der Waals surface area contributed by atoms with E-state index in [2.05, 4.69) is 20.7 Å². The van der Waals surface area contributed by atoms with Gasteiger partial charge in [-0.3, -0.25) is 0 Å². The van der Waals surface area contributed by atoms with Crippen molar-refractivity contribution in [1.82, 2.24) is 4.72 Å². The summed E-state index contributed by atoms with van der Waals surface area (Å²) in [4.78, 5) is 0.186. The first-order chi connectivity index (χ1) is 9.40. The second-order valence-corrected chi connectivity index (χ2v) is 9.73. The summed E-state index contributed by atoms with van der Waals surface area (Å²) < 4.78 is 28.5. The highest BCUT2D eigenvalue weighted by molar-refractivity contribution is 9.10. The molecule has 0 spiro atoms. The minimum absolute atomic E-state index is 0.0605. The molecule has 118 valence electrons. The highest BCUT2D eigenvalue weighted by Gasteiger charge is 2.61. The molecule has 0 atom stereocenters. The van der Waals surface area contributed by atoms with Crippen LogP contribution < -0.4 is 10.5 Å². The molecular formula is C14H20BrClN2O2S. The molecule has 0 aromatic heterocycles. The summed E-state index contributed by atoms with van der Waals surface area (Å²) in [5, 5.41) is 0.472. The monoisotopic (exact) mass is 394 g/mol. The highest BCUT2D eigenvalue weighted by atomic mass is 79.9. The fourth-order valence-electron chi connectivity index (χ4n) is 3.35. The number of hydrogen-bond donors (Lipinski definition) is 2. The minimum Gasteiger partial charge on any atom is -0.327 e. The summed E-state index contributed by atoms with van der Waals surface area (Å²) in [7, 11) is -3.62. The van der Waals surface area contributed by atoms with Crippen LogP contribution in [0.5, 0.6) is 0 Å². The smallest absolute Gasteiger partial charge is 0.240 e. The molecule has 7 heteroatoms. The van der Waals surface area contributed by atoms with Gasteiger partial charge in [0.05, 0.1) is 9.92 Å². The minimum atomic E-state index is -3.62. The van der Waals surface area contributed by atoms with Gasteiger partial charge in [-0.2, -0.15) is 0 Å². The van der Waals surface area contributed by atoms with Crippen molar-refractivity contribution in [2.24, 2.45) is 16.6 Å². The topological polar surface area (TPSA) is 72.2 Å². The lowest BCUT2D eigenvalue weighted by molar-refractivity contribution is -0.0593. The Morgan fingerprint density at radius 1 is 1.24 bits per heavy atom. The third kappa shape index (κ3) is 2.77. The third-order valence-electron chi connectivity index (χ3n) is 4.57. The molecule has 21 heavy (non-hydrogen) atoms. The van der Waals surface area contributed by atoms with E-state index < -0.39 is 10.0 Å². The Morgan fingerprint density at radius 3 is 2.24 bits per heavy atom. The molecule has 0 saturated heterocycles. The van der Waals surface area contributed by atoms with Gasteiger partial charge in [-0.15, -0.1) is 0 Å². The summed E-state index contributed by atoms with van der Waals surface area (Å²) in [5.74, 6) is 0. The van der Waals surface area contributed by atoms with Crippen LogP contribution in [0.3, 0.4) is 0 Å². The predicted octanol–water partition coefficient (Wildman–Crippen LogP) is 3.14. The first-order valence-electron chi connectivity index (χ1n) is 6.63. The van der Waals surface area contributed by atoms with E-state index in [0.29, 0.717) is 9.50 Å². The van der Waals surface area contributed by atoms with Gasteiger partial charge in [-0.25, -0.2) is 13.1 Å². The zero-order chi connectivity index (χ0) is 16.2. The molecule has 3 N–H and O–H groups in total. The second-order valence-electron chi connectivity index (χ2n) is 6.75. The van der Waals surface area contributed by atoms with E-state index in [-0.39, 0.29) is 27.8 Å². The SMILES string of the molecule is CC1(C)C(N)C(C)(C)C1NS(=O)(=O)c1ccc(Cl)c(Br)c1. The van der Waals surface area contributed by atoms with Gasteiger partial charge in [-0.1, -0.05) is 39.3 Å². The van der Waals surface area contributed by atoms with Crippen molar-refractivity contribution in [3.63, 3.8) is 0 Å². The molecular weight excluding hydrogens is 376 g/mol. The molecule has 1 aromatic rings. The maximum absolute atomic E-state index is 12.6. The number of halogens is 2. The first-order valence-corrected chi connectivity index (χ1v) is 9.29. The van der Waals surface area contributed by atoms with Crippen molar-refractivity contribution < 1.29 is 8.42 Å². The zero-order valence-electron chi connectivity index (χ0n) is 12.4. The van der Waals surface area contributed by atoms with Crippen molar-refractivity contribution in [3.05, 3.63) is 27.7 Å². The predicted molar refractivity (Wildman–Crippen MR) is 88.8 cm³/mol. The Labute approximate surface area is 139 Å². The first kappa shape index (κ1) is 17.2. The van der Waals surface area contributed by atoms with E-state index in [9.17, 15) is 8.42 Å². The fraction of sp³-hybridized carbons (Fsp3) is 0.571. The maximum atomic E-state index is 12.6. The number of sulfonamides is 1. The quantitative estimate of drug-likeness (QED) is 0.826. The van der Waals surface area contributed by atoms with Crippen molar-refractivity contribution in [1.29, 1.82) is 0 Å². The highest BCUT2D eigenvalue weighted by Crippen LogP contribution is 2.53. The maximum Gasteiger partial charge on any atom is 0.240 e. The molecule has 2 rings (SSSR count). The van der Waals surface area contributed by atoms with Gasteiger partial charge in [0, 0.05) is 16.6 Å². The molecule has 1 aromatic carbocycles. The van der Waals surface area contributed by atoms with Crippen LogP contribution in [0, 0.1) is 10.8 Å². The van der Waals surface area contributed by atoms with Gasteiger partial charge in [-0.05, 0) is 45.0 Å². The lowest BCUT2D eigenvalue weighted by Crippen LogP contribution is -2.75. The Kier molecular flexibility index (Phi) is 4.26. The molecule has 1 aliphatic carbocycles. The number of rotatable bonds is 3. The van der Waals surface area contributed by atoms with Crippen LogP contribution >= 0.6 is 27.5 Å². The molecule has 1 fully saturated rings. The lowest BCUT2D eigenvalue weighted by atomic mass is 9.49. The molecule has 0 aliphatic heterocycles. The van der Waals surface area contributed by atoms with Crippen LogP contribution in [0.4, 0.5) is 0 Å². The van der Waals surface area contributed by atoms with Gasteiger partial charge < -0.3 is 5.73 Å². The molecule has 0 bridgehead atoms. The van der Waals surface area contributed by atoms with Crippen molar-refractivity contribution in [2.75, 3.05) is 0 Å². The molecule has 0 unspecified atom stereocenters. The van der Waals surface area contributed by atoms with E-state index in [1.807, 2.05) is 27.7 Å². The average molecular weight is 396 g/mol. The molecule has 1 aliphatic rings. The van der Waals surface area contributed by atoms with Gasteiger partial charge >= 0.3 is 0 Å². The molecule has 0 heterocycles. The number of nitrogens with two attached hydrogens (primary N) is 1. The Bertz CT molecular complexity index is 658. The number of hydrogen-bond acceptors (Lipinski definition) is 3. The molecule has 0 radical (unpaired) electrons. The zero-order valence-corrected chi connectivity index (χ0v) is 15.6. The number of nitrogens with one attached hydrogen (secondary N) is 1. The van der Waals surface area contributed by atoms with Crippen LogP contribution in [0.15, 0.2) is 27.6 Å². The van der Waals surface area contributed by atoms with Crippen molar-refractivity contribution in [3.8, 4) is 0 Å². The summed E-state index contributed by atoms with van der Waals surface area (Å²) in [6, 6.07) is 4.27. The molecule has 1 saturated carbocycles. The van der Waals surface area contributed by atoms with Gasteiger partial charge in [0.25, 0.3) is 0 Å². The van der Waals surface area contributed by atoms with E-state index in [1.165, 1.54) is 12.1 Å². The van der Waals surface area contributed by atoms with E-state index >= 15 is 0 Å². The van der Waals surface area contributed by atoms with E-state index in [4.69, 9.17) is 17.3 Å². The van der Waals surface area contributed by atoms with Gasteiger partial charge in [0.1, 0.15) is 0 Å². The Balaban J connectivity index is 2.32. The average Bonchev–Trinajstić information content (AvgIpc) is 2.38.